The van der Waals surface area contributed by atoms with Crippen molar-refractivity contribution < 1.29 is 9.90 Å². The lowest BCUT2D eigenvalue weighted by molar-refractivity contribution is 0.101. The third-order valence-electron chi connectivity index (χ3n) is 6.28. The fourth-order valence-corrected chi connectivity index (χ4v) is 3.48. The zero-order chi connectivity index (χ0) is 30.1. The Labute approximate surface area is 238 Å². The van der Waals surface area contributed by atoms with Crippen LogP contribution in [0.25, 0.3) is 0 Å². The van der Waals surface area contributed by atoms with Crippen LogP contribution in [0.2, 0.25) is 0 Å². The minimum atomic E-state index is 0.170. The van der Waals surface area contributed by atoms with Crippen LogP contribution in [-0.2, 0) is 6.42 Å². The van der Waals surface area contributed by atoms with Crippen LogP contribution < -0.4 is 0 Å². The Hall–Kier alpha value is -2.09. The van der Waals surface area contributed by atoms with E-state index in [1.165, 1.54) is 49.7 Å². The Balaban J connectivity index is -0.000000431. The van der Waals surface area contributed by atoms with E-state index in [-0.39, 0.29) is 5.78 Å². The number of hydrogen-bond donors (Lipinski definition) is 1. The predicted molar refractivity (Wildman–Crippen MR) is 173 cm³/mol. The van der Waals surface area contributed by atoms with E-state index >= 15 is 0 Å². The normalized spacial score (nSPS) is 11.7. The summed E-state index contributed by atoms with van der Waals surface area (Å²) in [5.41, 5.74) is 5.33. The summed E-state index contributed by atoms with van der Waals surface area (Å²) in [5, 5.41) is 9.10. The summed E-state index contributed by atoms with van der Waals surface area (Å²) in [6, 6.07) is 11.7. The van der Waals surface area contributed by atoms with E-state index in [1.54, 1.807) is 13.0 Å². The van der Waals surface area contributed by atoms with E-state index in [9.17, 15) is 4.79 Å². The average molecular weight is 529 g/mol. The van der Waals surface area contributed by atoms with E-state index in [0.29, 0.717) is 5.75 Å². The monoisotopic (exact) mass is 528 g/mol. The van der Waals surface area contributed by atoms with Gasteiger partial charge in [0.05, 0.1) is 0 Å². The fourth-order valence-electron chi connectivity index (χ4n) is 3.48. The molecule has 2 heteroatoms. The van der Waals surface area contributed by atoms with E-state index in [4.69, 9.17) is 5.11 Å². The lowest BCUT2D eigenvalue weighted by Gasteiger charge is -2.06. The van der Waals surface area contributed by atoms with Crippen molar-refractivity contribution in [3.63, 3.8) is 0 Å². The Kier molecular flexibility index (Phi) is 28.2. The Morgan fingerprint density at radius 2 is 1.39 bits per heavy atom. The Morgan fingerprint density at radius 3 is 1.71 bits per heavy atom. The van der Waals surface area contributed by atoms with Gasteiger partial charge in [-0.1, -0.05) is 143 Å². The topological polar surface area (TPSA) is 37.3 Å². The van der Waals surface area contributed by atoms with Gasteiger partial charge in [0.15, 0.2) is 5.78 Å². The van der Waals surface area contributed by atoms with Crippen molar-refractivity contribution in [3.05, 3.63) is 64.2 Å². The van der Waals surface area contributed by atoms with Gasteiger partial charge in [0.25, 0.3) is 0 Å². The van der Waals surface area contributed by atoms with Gasteiger partial charge in [0.2, 0.25) is 0 Å². The van der Waals surface area contributed by atoms with Crippen molar-refractivity contribution in [1.82, 2.24) is 0 Å². The molecule has 2 aromatic rings. The van der Waals surface area contributed by atoms with Crippen molar-refractivity contribution in [2.45, 2.75) is 141 Å². The number of phenols is 1. The van der Waals surface area contributed by atoms with Crippen molar-refractivity contribution in [3.8, 4) is 5.75 Å². The molecule has 220 valence electrons. The number of ketones is 1. The SMILES string of the molecule is CC.CC.CCC1CC1.CCCC(C)CC.CCCc1cc(C)ccc1C(C)=O.Cc1ccc(C)c(O)c1. The van der Waals surface area contributed by atoms with Crippen LogP contribution in [0.4, 0.5) is 0 Å². The van der Waals surface area contributed by atoms with Crippen LogP contribution in [0, 0.1) is 32.6 Å². The minimum absolute atomic E-state index is 0.170. The van der Waals surface area contributed by atoms with Gasteiger partial charge in [-0.15, -0.1) is 0 Å². The lowest BCUT2D eigenvalue weighted by atomic mass is 9.98. The molecule has 3 rings (SSSR count). The maximum absolute atomic E-state index is 11.3. The molecule has 0 amide bonds. The number of aromatic hydroxyl groups is 1. The minimum Gasteiger partial charge on any atom is -0.508 e. The van der Waals surface area contributed by atoms with Gasteiger partial charge < -0.3 is 5.11 Å². The first-order chi connectivity index (χ1) is 18.1. The second-order valence-electron chi connectivity index (χ2n) is 9.91. The van der Waals surface area contributed by atoms with Crippen LogP contribution in [0.15, 0.2) is 36.4 Å². The van der Waals surface area contributed by atoms with Crippen molar-refractivity contribution >= 4 is 5.78 Å². The zero-order valence-corrected chi connectivity index (χ0v) is 27.6. The van der Waals surface area contributed by atoms with Gasteiger partial charge in [0, 0.05) is 5.56 Å². The number of Topliss-reactive ketones (excluding diaryl/α,β-unsaturated/α-hetero) is 1. The molecule has 1 N–H and O–H groups in total. The van der Waals surface area contributed by atoms with Gasteiger partial charge in [-0.2, -0.15) is 0 Å². The summed E-state index contributed by atoms with van der Waals surface area (Å²) in [6.45, 7) is 26.7. The number of rotatable bonds is 7. The highest BCUT2D eigenvalue weighted by atomic mass is 16.3. The number of aryl methyl sites for hydroxylation is 4. The highest BCUT2D eigenvalue weighted by Gasteiger charge is 2.17. The smallest absolute Gasteiger partial charge is 0.160 e. The molecule has 1 aliphatic carbocycles. The lowest BCUT2D eigenvalue weighted by Crippen LogP contribution is -1.99. The largest absolute Gasteiger partial charge is 0.508 e. The molecule has 0 heterocycles. The number of carbonyl (C=O) groups is 1. The molecule has 1 saturated carbocycles. The molecule has 2 aromatic carbocycles. The van der Waals surface area contributed by atoms with Crippen molar-refractivity contribution in [2.24, 2.45) is 11.8 Å². The molecule has 0 aliphatic heterocycles. The zero-order valence-electron chi connectivity index (χ0n) is 27.6. The highest BCUT2D eigenvalue weighted by molar-refractivity contribution is 5.95. The van der Waals surface area contributed by atoms with Gasteiger partial charge in [-0.3, -0.25) is 4.79 Å². The van der Waals surface area contributed by atoms with E-state index < -0.39 is 0 Å². The number of hydrogen-bond acceptors (Lipinski definition) is 2. The first-order valence-corrected chi connectivity index (χ1v) is 15.5. The summed E-state index contributed by atoms with van der Waals surface area (Å²) < 4.78 is 0. The Morgan fingerprint density at radius 1 is 0.868 bits per heavy atom. The van der Waals surface area contributed by atoms with Crippen LogP contribution in [0.5, 0.6) is 5.75 Å². The molecule has 0 bridgehead atoms. The molecule has 2 nitrogen and oxygen atoms in total. The van der Waals surface area contributed by atoms with Crippen LogP contribution in [-0.4, -0.2) is 10.9 Å². The van der Waals surface area contributed by atoms with Crippen LogP contribution in [0.3, 0.4) is 0 Å². The molecule has 0 saturated heterocycles. The van der Waals surface area contributed by atoms with Gasteiger partial charge >= 0.3 is 0 Å². The third-order valence-corrected chi connectivity index (χ3v) is 6.28. The van der Waals surface area contributed by atoms with E-state index in [2.05, 4.69) is 47.6 Å². The number of benzene rings is 2. The van der Waals surface area contributed by atoms with Crippen LogP contribution in [0.1, 0.15) is 147 Å². The van der Waals surface area contributed by atoms with E-state index in [0.717, 1.165) is 41.4 Å². The molecule has 0 spiro atoms. The first kappa shape index (κ1) is 40.4. The molecule has 38 heavy (non-hydrogen) atoms. The molecule has 1 atom stereocenters. The van der Waals surface area contributed by atoms with Gasteiger partial charge in [-0.25, -0.2) is 0 Å². The van der Waals surface area contributed by atoms with E-state index in [1.807, 2.05) is 65.8 Å². The molecule has 0 aromatic heterocycles. The number of phenolic OH excluding ortho intramolecular Hbond substituents is 1. The van der Waals surface area contributed by atoms with Crippen molar-refractivity contribution in [1.29, 1.82) is 0 Å². The summed E-state index contributed by atoms with van der Waals surface area (Å²) in [4.78, 5) is 11.3. The summed E-state index contributed by atoms with van der Waals surface area (Å²) >= 11 is 0. The maximum atomic E-state index is 11.3. The molecule has 1 fully saturated rings. The van der Waals surface area contributed by atoms with Crippen LogP contribution >= 0.6 is 0 Å². The molecule has 0 radical (unpaired) electrons. The maximum Gasteiger partial charge on any atom is 0.160 e. The summed E-state index contributed by atoms with van der Waals surface area (Å²) in [6.07, 6.45) is 10.6. The van der Waals surface area contributed by atoms with Gasteiger partial charge in [0.1, 0.15) is 5.75 Å². The molecular weight excluding hydrogens is 464 g/mol. The standard InChI is InChI=1S/C12H16O.C8H10O.C7H16.C5H10.2C2H6/c1-4-5-11-8-9(2)6-7-12(11)10(3)13;1-6-3-4-7(2)8(9)5-6;1-4-6-7(3)5-2;1-2-5-3-4-5;2*1-2/h6-8H,4-5H2,1-3H3;3-5,9H,1-2H3;7H,4-6H2,1-3H3;5H,2-4H2,1H3;2*1-2H3. The highest BCUT2D eigenvalue weighted by Crippen LogP contribution is 2.31. The fraction of sp³-hybridized carbons (Fsp3) is 0.639. The Bertz CT molecular complexity index is 818. The molecule has 1 unspecified atom stereocenters. The third kappa shape index (κ3) is 21.9. The molecule has 1 aliphatic rings. The van der Waals surface area contributed by atoms with Gasteiger partial charge in [-0.05, 0) is 68.7 Å². The first-order valence-electron chi connectivity index (χ1n) is 15.5. The second-order valence-corrected chi connectivity index (χ2v) is 9.91. The second kappa shape index (κ2) is 26.5. The average Bonchev–Trinajstić information content (AvgIpc) is 3.75. The predicted octanol–water partition coefficient (Wildman–Crippen LogP) is 11.9. The van der Waals surface area contributed by atoms with Crippen molar-refractivity contribution in [2.75, 3.05) is 0 Å². The summed E-state index contributed by atoms with van der Waals surface area (Å²) in [5.74, 6) is 2.64. The number of carbonyl (C=O) groups excluding carboxylic acids is 1. The summed E-state index contributed by atoms with van der Waals surface area (Å²) in [7, 11) is 0. The quantitative estimate of drug-likeness (QED) is 0.363. The molecular formula is C36H64O2.